The molecule has 0 aliphatic rings. The van der Waals surface area contributed by atoms with Gasteiger partial charge in [0.25, 0.3) is 0 Å². The summed E-state index contributed by atoms with van der Waals surface area (Å²) in [6.07, 6.45) is 1.69. The third kappa shape index (κ3) is 3.87. The minimum atomic E-state index is -0.100. The van der Waals surface area contributed by atoms with Crippen molar-refractivity contribution in [1.29, 1.82) is 0 Å². The van der Waals surface area contributed by atoms with Gasteiger partial charge in [0, 0.05) is 17.0 Å². The Labute approximate surface area is 180 Å². The lowest BCUT2D eigenvalue weighted by Gasteiger charge is -2.07. The topological polar surface area (TPSA) is 80.7 Å². The van der Waals surface area contributed by atoms with E-state index in [1.807, 2.05) is 60.7 Å². The predicted molar refractivity (Wildman–Crippen MR) is 122 cm³/mol. The summed E-state index contributed by atoms with van der Waals surface area (Å²) in [4.78, 5) is 21.4. The van der Waals surface area contributed by atoms with Crippen molar-refractivity contribution in [3.05, 3.63) is 72.9 Å². The Bertz CT molecular complexity index is 1360. The highest BCUT2D eigenvalue weighted by molar-refractivity contribution is 8.01. The Kier molecular flexibility index (Phi) is 5.08. The molecule has 6 nitrogen and oxygen atoms in total. The molecule has 0 unspecified atom stereocenters. The lowest BCUT2D eigenvalue weighted by atomic mass is 10.2. The average Bonchev–Trinajstić information content (AvgIpc) is 3.27. The molecular weight excluding hydrogens is 414 g/mol. The molecule has 1 amide bonds. The van der Waals surface area contributed by atoms with Crippen LogP contribution in [0.4, 0.5) is 5.69 Å². The molecule has 3 heterocycles. The van der Waals surface area contributed by atoms with Gasteiger partial charge in [0.15, 0.2) is 9.35 Å². The molecule has 1 N–H and O–H groups in total. The first-order valence-electron chi connectivity index (χ1n) is 9.22. The van der Waals surface area contributed by atoms with E-state index < -0.39 is 0 Å². The quantitative estimate of drug-likeness (QED) is 0.395. The zero-order valence-electron chi connectivity index (χ0n) is 15.6. The Morgan fingerprint density at radius 3 is 2.70 bits per heavy atom. The Balaban J connectivity index is 1.26. The van der Waals surface area contributed by atoms with Crippen molar-refractivity contribution in [3.63, 3.8) is 0 Å². The van der Waals surface area contributed by atoms with E-state index in [1.165, 1.54) is 23.1 Å². The average molecular weight is 430 g/mol. The highest BCUT2D eigenvalue weighted by Crippen LogP contribution is 2.29. The van der Waals surface area contributed by atoms with E-state index in [0.717, 1.165) is 42.5 Å². The van der Waals surface area contributed by atoms with Crippen LogP contribution in [0.1, 0.15) is 0 Å². The third-order valence-electron chi connectivity index (χ3n) is 4.47. The number of nitrogens with one attached hydrogen (secondary N) is 1. The second-order valence-corrected chi connectivity index (χ2v) is 8.67. The fraction of sp³-hybridized carbons (Fsp3) is 0.0455. The molecule has 0 aliphatic heterocycles. The minimum Gasteiger partial charge on any atom is -0.325 e. The molecule has 146 valence electrons. The molecule has 0 saturated heterocycles. The Morgan fingerprint density at radius 2 is 1.77 bits per heavy atom. The lowest BCUT2D eigenvalue weighted by Crippen LogP contribution is -2.14. The predicted octanol–water partition coefficient (Wildman–Crippen LogP) is 5.03. The van der Waals surface area contributed by atoms with E-state index in [-0.39, 0.29) is 11.7 Å². The normalized spacial score (nSPS) is 11.1. The van der Waals surface area contributed by atoms with Gasteiger partial charge in [-0.3, -0.25) is 9.78 Å². The van der Waals surface area contributed by atoms with E-state index in [0.29, 0.717) is 0 Å². The number of carbonyl (C=O) groups is 1. The lowest BCUT2D eigenvalue weighted by molar-refractivity contribution is -0.113. The summed E-state index contributed by atoms with van der Waals surface area (Å²) < 4.78 is 0.731. The minimum absolute atomic E-state index is 0.100. The van der Waals surface area contributed by atoms with Crippen molar-refractivity contribution in [2.24, 2.45) is 0 Å². The molecule has 0 spiro atoms. The van der Waals surface area contributed by atoms with Crippen LogP contribution in [0.25, 0.3) is 32.5 Å². The molecule has 0 bridgehead atoms. The maximum absolute atomic E-state index is 12.4. The van der Waals surface area contributed by atoms with Crippen LogP contribution in [-0.2, 0) is 4.79 Å². The molecule has 3 aromatic heterocycles. The number of anilines is 1. The Hall–Kier alpha value is -3.36. The van der Waals surface area contributed by atoms with Crippen LogP contribution in [0, 0.1) is 0 Å². The number of thioether (sulfide) groups is 1. The molecular formula is C22H15N5OS2. The van der Waals surface area contributed by atoms with E-state index >= 15 is 0 Å². The first-order valence-corrected chi connectivity index (χ1v) is 11.0. The Morgan fingerprint density at radius 1 is 0.933 bits per heavy atom. The maximum atomic E-state index is 12.4. The SMILES string of the molecule is O=C(CSc1nnc(-c2ccc3ccccc3n2)s1)Nc1ccnc2ccccc12. The summed E-state index contributed by atoms with van der Waals surface area (Å²) in [5.74, 6) is 0.146. The van der Waals surface area contributed by atoms with Crippen molar-refractivity contribution in [1.82, 2.24) is 20.2 Å². The van der Waals surface area contributed by atoms with Crippen LogP contribution in [0.15, 0.2) is 77.3 Å². The number of para-hydroxylation sites is 2. The number of amides is 1. The fourth-order valence-electron chi connectivity index (χ4n) is 3.08. The molecule has 0 fully saturated rings. The molecule has 0 radical (unpaired) electrons. The molecule has 2 aromatic carbocycles. The molecule has 0 saturated carbocycles. The van der Waals surface area contributed by atoms with Crippen molar-refractivity contribution in [2.75, 3.05) is 11.1 Å². The first-order chi connectivity index (χ1) is 14.8. The number of hydrogen-bond acceptors (Lipinski definition) is 7. The number of rotatable bonds is 5. The van der Waals surface area contributed by atoms with E-state index in [4.69, 9.17) is 0 Å². The van der Waals surface area contributed by atoms with Gasteiger partial charge in [-0.05, 0) is 24.3 Å². The third-order valence-corrected chi connectivity index (χ3v) is 6.55. The summed E-state index contributed by atoms with van der Waals surface area (Å²) >= 11 is 2.80. The zero-order chi connectivity index (χ0) is 20.3. The standard InChI is InChI=1S/C22H15N5OS2/c28-20(25-18-11-12-23-17-8-4-2-6-15(17)18)13-29-22-27-26-21(30-22)19-10-9-14-5-1-3-7-16(14)24-19/h1-12H,13H2,(H,23,25,28). The largest absolute Gasteiger partial charge is 0.325 e. The molecule has 0 aliphatic carbocycles. The van der Waals surface area contributed by atoms with Crippen molar-refractivity contribution < 1.29 is 4.79 Å². The van der Waals surface area contributed by atoms with Crippen LogP contribution in [0.5, 0.6) is 0 Å². The number of fused-ring (bicyclic) bond motifs is 2. The van der Waals surface area contributed by atoms with Crippen LogP contribution in [0.3, 0.4) is 0 Å². The van der Waals surface area contributed by atoms with Gasteiger partial charge in [-0.1, -0.05) is 65.6 Å². The zero-order valence-corrected chi connectivity index (χ0v) is 17.3. The summed E-state index contributed by atoms with van der Waals surface area (Å²) in [7, 11) is 0. The van der Waals surface area contributed by atoms with Gasteiger partial charge in [0.2, 0.25) is 5.91 Å². The highest BCUT2D eigenvalue weighted by atomic mass is 32.2. The monoisotopic (exact) mass is 429 g/mol. The van der Waals surface area contributed by atoms with Gasteiger partial charge in [-0.2, -0.15) is 0 Å². The molecule has 0 atom stereocenters. The van der Waals surface area contributed by atoms with Gasteiger partial charge in [0.1, 0.15) is 5.69 Å². The van der Waals surface area contributed by atoms with Gasteiger partial charge in [-0.15, -0.1) is 10.2 Å². The first kappa shape index (κ1) is 18.7. The van der Waals surface area contributed by atoms with Crippen LogP contribution in [0.2, 0.25) is 0 Å². The van der Waals surface area contributed by atoms with Crippen LogP contribution in [-0.4, -0.2) is 31.8 Å². The van der Waals surface area contributed by atoms with E-state index in [9.17, 15) is 4.79 Å². The van der Waals surface area contributed by atoms with Gasteiger partial charge < -0.3 is 5.32 Å². The van der Waals surface area contributed by atoms with Crippen LogP contribution >= 0.6 is 23.1 Å². The number of nitrogens with zero attached hydrogens (tertiary/aromatic N) is 4. The number of aromatic nitrogens is 4. The second kappa shape index (κ2) is 8.17. The summed E-state index contributed by atoms with van der Waals surface area (Å²) in [6, 6.07) is 21.4. The maximum Gasteiger partial charge on any atom is 0.234 e. The summed E-state index contributed by atoms with van der Waals surface area (Å²) in [5.41, 5.74) is 3.30. The highest BCUT2D eigenvalue weighted by Gasteiger charge is 2.12. The van der Waals surface area contributed by atoms with Gasteiger partial charge in [-0.25, -0.2) is 4.98 Å². The summed E-state index contributed by atoms with van der Waals surface area (Å²) in [5, 5.41) is 14.1. The van der Waals surface area contributed by atoms with Crippen molar-refractivity contribution >= 4 is 56.5 Å². The fourth-order valence-corrected chi connectivity index (χ4v) is 4.70. The smallest absolute Gasteiger partial charge is 0.234 e. The molecule has 30 heavy (non-hydrogen) atoms. The molecule has 8 heteroatoms. The van der Waals surface area contributed by atoms with Crippen molar-refractivity contribution in [2.45, 2.75) is 4.34 Å². The molecule has 5 aromatic rings. The van der Waals surface area contributed by atoms with Gasteiger partial charge >= 0.3 is 0 Å². The summed E-state index contributed by atoms with van der Waals surface area (Å²) in [6.45, 7) is 0. The second-order valence-electron chi connectivity index (χ2n) is 6.47. The van der Waals surface area contributed by atoms with Crippen molar-refractivity contribution in [3.8, 4) is 10.7 Å². The number of carbonyl (C=O) groups excluding carboxylic acids is 1. The van der Waals surface area contributed by atoms with E-state index in [2.05, 4.69) is 25.5 Å². The van der Waals surface area contributed by atoms with Gasteiger partial charge in [0.05, 0.1) is 22.5 Å². The number of pyridine rings is 2. The van der Waals surface area contributed by atoms with Crippen LogP contribution < -0.4 is 5.32 Å². The molecule has 5 rings (SSSR count). The van der Waals surface area contributed by atoms with E-state index in [1.54, 1.807) is 12.3 Å². The number of hydrogen-bond donors (Lipinski definition) is 1. The number of benzene rings is 2.